The van der Waals surface area contributed by atoms with Crippen LogP contribution in [0.2, 0.25) is 0 Å². The standard InChI is InChI=1S/C9H12BrNO2S/c1-11(4-3-9(12)13-2)8-5-7(10)6-14-8/h5-6H,3-4H2,1-2H3. The smallest absolute Gasteiger partial charge is 0.307 e. The predicted molar refractivity (Wildman–Crippen MR) is 61.9 cm³/mol. The van der Waals surface area contributed by atoms with Crippen LogP contribution in [0.5, 0.6) is 0 Å². The highest BCUT2D eigenvalue weighted by Gasteiger charge is 2.06. The topological polar surface area (TPSA) is 29.5 Å². The number of ether oxygens (including phenoxy) is 1. The molecule has 0 amide bonds. The summed E-state index contributed by atoms with van der Waals surface area (Å²) < 4.78 is 5.64. The van der Waals surface area contributed by atoms with E-state index in [0.29, 0.717) is 13.0 Å². The van der Waals surface area contributed by atoms with Crippen LogP contribution in [0, 0.1) is 0 Å². The van der Waals surface area contributed by atoms with Gasteiger partial charge in [-0.2, -0.15) is 0 Å². The van der Waals surface area contributed by atoms with Gasteiger partial charge in [-0.05, 0) is 22.0 Å². The van der Waals surface area contributed by atoms with Gasteiger partial charge in [0.2, 0.25) is 0 Å². The Labute approximate surface area is 95.8 Å². The van der Waals surface area contributed by atoms with Gasteiger partial charge in [0.05, 0.1) is 18.5 Å². The fraction of sp³-hybridized carbons (Fsp3) is 0.444. The maximum Gasteiger partial charge on any atom is 0.307 e. The molecule has 1 aromatic heterocycles. The van der Waals surface area contributed by atoms with Crippen molar-refractivity contribution in [2.45, 2.75) is 6.42 Å². The van der Waals surface area contributed by atoms with Gasteiger partial charge in [0.15, 0.2) is 0 Å². The van der Waals surface area contributed by atoms with E-state index < -0.39 is 0 Å². The van der Waals surface area contributed by atoms with Crippen molar-refractivity contribution in [2.75, 3.05) is 25.6 Å². The number of halogens is 1. The van der Waals surface area contributed by atoms with Gasteiger partial charge in [0, 0.05) is 23.4 Å². The average molecular weight is 278 g/mol. The lowest BCUT2D eigenvalue weighted by Gasteiger charge is -2.15. The summed E-state index contributed by atoms with van der Waals surface area (Å²) >= 11 is 5.03. The molecule has 0 spiro atoms. The summed E-state index contributed by atoms with van der Waals surface area (Å²) in [4.78, 5) is 12.9. The maximum atomic E-state index is 10.9. The molecule has 0 aromatic carbocycles. The van der Waals surface area contributed by atoms with E-state index in [9.17, 15) is 4.79 Å². The molecule has 1 aromatic rings. The first-order chi connectivity index (χ1) is 6.63. The minimum Gasteiger partial charge on any atom is -0.469 e. The third-order valence-electron chi connectivity index (χ3n) is 1.81. The first-order valence-corrected chi connectivity index (χ1v) is 5.82. The maximum absolute atomic E-state index is 10.9. The Balaban J connectivity index is 2.42. The van der Waals surface area contributed by atoms with Crippen molar-refractivity contribution in [3.63, 3.8) is 0 Å². The van der Waals surface area contributed by atoms with E-state index in [0.717, 1.165) is 9.47 Å². The number of methoxy groups -OCH3 is 1. The molecule has 1 rings (SSSR count). The van der Waals surface area contributed by atoms with Crippen molar-refractivity contribution in [1.29, 1.82) is 0 Å². The molecule has 78 valence electrons. The van der Waals surface area contributed by atoms with E-state index >= 15 is 0 Å². The molecule has 0 saturated heterocycles. The molecule has 0 aliphatic heterocycles. The zero-order valence-corrected chi connectivity index (χ0v) is 10.5. The summed E-state index contributed by atoms with van der Waals surface area (Å²) in [6, 6.07) is 2.03. The van der Waals surface area contributed by atoms with Crippen LogP contribution in [0.15, 0.2) is 15.9 Å². The lowest BCUT2D eigenvalue weighted by atomic mass is 10.4. The van der Waals surface area contributed by atoms with Crippen molar-refractivity contribution in [1.82, 2.24) is 0 Å². The molecule has 0 saturated carbocycles. The molecule has 0 aliphatic carbocycles. The first kappa shape index (κ1) is 11.5. The van der Waals surface area contributed by atoms with E-state index in [1.807, 2.05) is 23.4 Å². The minimum absolute atomic E-state index is 0.174. The van der Waals surface area contributed by atoms with Crippen LogP contribution in [-0.4, -0.2) is 26.7 Å². The normalized spacial score (nSPS) is 9.93. The predicted octanol–water partition coefficient (Wildman–Crippen LogP) is 2.51. The van der Waals surface area contributed by atoms with Gasteiger partial charge >= 0.3 is 5.97 Å². The van der Waals surface area contributed by atoms with Gasteiger partial charge < -0.3 is 9.64 Å². The molecule has 0 radical (unpaired) electrons. The van der Waals surface area contributed by atoms with Gasteiger partial charge in [-0.15, -0.1) is 11.3 Å². The van der Waals surface area contributed by atoms with Crippen LogP contribution in [-0.2, 0) is 9.53 Å². The number of carbonyl (C=O) groups is 1. The van der Waals surface area contributed by atoms with E-state index in [2.05, 4.69) is 20.7 Å². The van der Waals surface area contributed by atoms with Crippen molar-refractivity contribution >= 4 is 38.2 Å². The third-order valence-corrected chi connectivity index (χ3v) is 3.61. The van der Waals surface area contributed by atoms with Crippen LogP contribution in [0.3, 0.4) is 0 Å². The molecular weight excluding hydrogens is 266 g/mol. The molecular formula is C9H12BrNO2S. The number of nitrogens with zero attached hydrogens (tertiary/aromatic N) is 1. The highest BCUT2D eigenvalue weighted by molar-refractivity contribution is 9.10. The third kappa shape index (κ3) is 3.31. The highest BCUT2D eigenvalue weighted by atomic mass is 79.9. The zero-order valence-electron chi connectivity index (χ0n) is 8.12. The van der Waals surface area contributed by atoms with Gasteiger partial charge in [-0.25, -0.2) is 0 Å². The molecule has 0 atom stereocenters. The Bertz CT molecular complexity index is 314. The van der Waals surface area contributed by atoms with Crippen LogP contribution in [0.4, 0.5) is 5.00 Å². The molecule has 0 unspecified atom stereocenters. The summed E-state index contributed by atoms with van der Waals surface area (Å²) in [5.74, 6) is -0.174. The number of thiophene rings is 1. The van der Waals surface area contributed by atoms with Gasteiger partial charge in [-0.1, -0.05) is 0 Å². The highest BCUT2D eigenvalue weighted by Crippen LogP contribution is 2.27. The average Bonchev–Trinajstić information content (AvgIpc) is 2.60. The largest absolute Gasteiger partial charge is 0.469 e. The van der Waals surface area contributed by atoms with Crippen molar-refractivity contribution in [2.24, 2.45) is 0 Å². The van der Waals surface area contributed by atoms with Gasteiger partial charge in [0.1, 0.15) is 0 Å². The Hall–Kier alpha value is -0.550. The van der Waals surface area contributed by atoms with Crippen LogP contribution in [0.25, 0.3) is 0 Å². The number of esters is 1. The SMILES string of the molecule is COC(=O)CCN(C)c1cc(Br)cs1. The second kappa shape index (κ2) is 5.36. The summed E-state index contributed by atoms with van der Waals surface area (Å²) in [6.45, 7) is 0.680. The second-order valence-corrected chi connectivity index (χ2v) is 4.66. The summed E-state index contributed by atoms with van der Waals surface area (Å²) in [6.07, 6.45) is 0.419. The summed E-state index contributed by atoms with van der Waals surface area (Å²) in [5.41, 5.74) is 0. The molecule has 0 aliphatic rings. The number of carbonyl (C=O) groups excluding carboxylic acids is 1. The molecule has 1 heterocycles. The minimum atomic E-state index is -0.174. The zero-order chi connectivity index (χ0) is 10.6. The lowest BCUT2D eigenvalue weighted by molar-refractivity contribution is -0.140. The second-order valence-electron chi connectivity index (χ2n) is 2.85. The molecule has 0 fully saturated rings. The fourth-order valence-electron chi connectivity index (χ4n) is 0.974. The molecule has 3 nitrogen and oxygen atoms in total. The summed E-state index contributed by atoms with van der Waals surface area (Å²) in [7, 11) is 3.37. The molecule has 0 bridgehead atoms. The van der Waals surface area contributed by atoms with E-state index in [1.165, 1.54) is 7.11 Å². The number of hydrogen-bond donors (Lipinski definition) is 0. The van der Waals surface area contributed by atoms with Gasteiger partial charge in [-0.3, -0.25) is 4.79 Å². The van der Waals surface area contributed by atoms with Crippen molar-refractivity contribution in [3.8, 4) is 0 Å². The monoisotopic (exact) mass is 277 g/mol. The summed E-state index contributed by atoms with van der Waals surface area (Å²) in [5, 5.41) is 3.16. The number of rotatable bonds is 4. The lowest BCUT2D eigenvalue weighted by Crippen LogP contribution is -2.20. The first-order valence-electron chi connectivity index (χ1n) is 4.15. The Kier molecular flexibility index (Phi) is 4.41. The number of hydrogen-bond acceptors (Lipinski definition) is 4. The van der Waals surface area contributed by atoms with Crippen molar-refractivity contribution in [3.05, 3.63) is 15.9 Å². The van der Waals surface area contributed by atoms with Gasteiger partial charge in [0.25, 0.3) is 0 Å². The molecule has 5 heteroatoms. The molecule has 0 N–H and O–H groups in total. The quantitative estimate of drug-likeness (QED) is 0.793. The Morgan fingerprint density at radius 3 is 2.93 bits per heavy atom. The van der Waals surface area contributed by atoms with Crippen LogP contribution in [0.1, 0.15) is 6.42 Å². The Morgan fingerprint density at radius 1 is 1.71 bits per heavy atom. The van der Waals surface area contributed by atoms with E-state index in [1.54, 1.807) is 11.3 Å². The van der Waals surface area contributed by atoms with Crippen LogP contribution < -0.4 is 4.90 Å². The van der Waals surface area contributed by atoms with E-state index in [4.69, 9.17) is 0 Å². The van der Waals surface area contributed by atoms with Crippen LogP contribution >= 0.6 is 27.3 Å². The number of anilines is 1. The van der Waals surface area contributed by atoms with E-state index in [-0.39, 0.29) is 5.97 Å². The van der Waals surface area contributed by atoms with Crippen molar-refractivity contribution < 1.29 is 9.53 Å². The fourth-order valence-corrected chi connectivity index (χ4v) is 2.39. The molecule has 14 heavy (non-hydrogen) atoms. The Morgan fingerprint density at radius 2 is 2.43 bits per heavy atom.